The summed E-state index contributed by atoms with van der Waals surface area (Å²) in [6.07, 6.45) is 4.97. The third-order valence-corrected chi connectivity index (χ3v) is 3.12. The number of aromatic amines is 1. The molecule has 3 rings (SSSR count). The summed E-state index contributed by atoms with van der Waals surface area (Å²) in [7, 11) is 1.91. The molecule has 3 nitrogen and oxygen atoms in total. The van der Waals surface area contributed by atoms with Gasteiger partial charge in [0.2, 0.25) is 0 Å². The Morgan fingerprint density at radius 1 is 1.38 bits per heavy atom. The smallest absolute Gasteiger partial charge is 0.148 e. The average molecular weight is 212 g/mol. The SMILES string of the molecule is CN1C=Cc2c([nH]c3ccccc23)C1C=O. The van der Waals surface area contributed by atoms with Crippen LogP contribution in [0.25, 0.3) is 17.0 Å². The number of carbonyl (C=O) groups excluding carboxylic acids is 1. The van der Waals surface area contributed by atoms with Crippen LogP contribution in [0.5, 0.6) is 0 Å². The van der Waals surface area contributed by atoms with E-state index in [9.17, 15) is 4.79 Å². The first-order valence-electron chi connectivity index (χ1n) is 5.27. The Hall–Kier alpha value is -2.03. The van der Waals surface area contributed by atoms with Crippen molar-refractivity contribution in [2.45, 2.75) is 6.04 Å². The summed E-state index contributed by atoms with van der Waals surface area (Å²) in [5.41, 5.74) is 3.20. The fourth-order valence-electron chi connectivity index (χ4n) is 2.25. The number of hydrogen-bond acceptors (Lipinski definition) is 2. The van der Waals surface area contributed by atoms with Gasteiger partial charge in [-0.25, -0.2) is 0 Å². The predicted octanol–water partition coefficient (Wildman–Crippen LogP) is 2.32. The lowest BCUT2D eigenvalue weighted by molar-refractivity contribution is -0.111. The summed E-state index contributed by atoms with van der Waals surface area (Å²) in [5, 5.41) is 1.17. The van der Waals surface area contributed by atoms with Gasteiger partial charge < -0.3 is 14.7 Å². The van der Waals surface area contributed by atoms with E-state index in [1.165, 1.54) is 5.39 Å². The molecule has 0 radical (unpaired) electrons. The minimum atomic E-state index is -0.201. The van der Waals surface area contributed by atoms with Crippen LogP contribution in [0.2, 0.25) is 0 Å². The molecule has 3 heteroatoms. The maximum atomic E-state index is 11.1. The summed E-state index contributed by atoms with van der Waals surface area (Å²) < 4.78 is 0. The summed E-state index contributed by atoms with van der Waals surface area (Å²) in [6, 6.07) is 7.91. The second-order valence-electron chi connectivity index (χ2n) is 4.06. The van der Waals surface area contributed by atoms with Crippen LogP contribution < -0.4 is 0 Å². The Balaban J connectivity index is 2.32. The van der Waals surface area contributed by atoms with Crippen molar-refractivity contribution in [3.63, 3.8) is 0 Å². The number of H-pyrrole nitrogens is 1. The molecule has 0 aliphatic carbocycles. The molecule has 2 aromatic rings. The topological polar surface area (TPSA) is 36.1 Å². The highest BCUT2D eigenvalue weighted by Gasteiger charge is 2.23. The highest BCUT2D eigenvalue weighted by molar-refractivity contribution is 5.92. The normalized spacial score (nSPS) is 18.8. The first-order valence-corrected chi connectivity index (χ1v) is 5.27. The lowest BCUT2D eigenvalue weighted by atomic mass is 10.0. The lowest BCUT2D eigenvalue weighted by Gasteiger charge is -2.25. The maximum absolute atomic E-state index is 11.1. The summed E-state index contributed by atoms with van der Waals surface area (Å²) in [6.45, 7) is 0. The van der Waals surface area contributed by atoms with Crippen LogP contribution in [0.1, 0.15) is 17.3 Å². The predicted molar refractivity (Wildman–Crippen MR) is 63.9 cm³/mol. The third-order valence-electron chi connectivity index (χ3n) is 3.12. The van der Waals surface area contributed by atoms with Gasteiger partial charge in [-0.15, -0.1) is 0 Å². The maximum Gasteiger partial charge on any atom is 0.148 e. The van der Waals surface area contributed by atoms with Crippen LogP contribution in [-0.2, 0) is 4.79 Å². The van der Waals surface area contributed by atoms with Gasteiger partial charge in [0.25, 0.3) is 0 Å². The fraction of sp³-hybridized carbons (Fsp3) is 0.154. The monoisotopic (exact) mass is 212 g/mol. The quantitative estimate of drug-likeness (QED) is 0.736. The standard InChI is InChI=1S/C13H12N2O/c1-15-7-6-10-9-4-2-3-5-11(9)14-13(10)12(15)8-16/h2-8,12,14H,1H3. The van der Waals surface area contributed by atoms with Gasteiger partial charge in [0.1, 0.15) is 12.3 Å². The molecule has 0 amide bonds. The summed E-state index contributed by atoms with van der Waals surface area (Å²) >= 11 is 0. The molecule has 1 aliphatic rings. The van der Waals surface area contributed by atoms with Crippen molar-refractivity contribution >= 4 is 23.3 Å². The lowest BCUT2D eigenvalue weighted by Crippen LogP contribution is -2.23. The van der Waals surface area contributed by atoms with Gasteiger partial charge in [-0.3, -0.25) is 0 Å². The zero-order valence-corrected chi connectivity index (χ0v) is 8.97. The van der Waals surface area contributed by atoms with Crippen LogP contribution in [-0.4, -0.2) is 23.2 Å². The molecular formula is C13H12N2O. The molecule has 0 bridgehead atoms. The van der Waals surface area contributed by atoms with Gasteiger partial charge in [0, 0.05) is 29.7 Å². The molecule has 1 aliphatic heterocycles. The first-order chi connectivity index (χ1) is 7.81. The largest absolute Gasteiger partial charge is 0.366 e. The summed E-state index contributed by atoms with van der Waals surface area (Å²) in [4.78, 5) is 16.3. The number of nitrogens with zero attached hydrogens (tertiary/aromatic N) is 1. The average Bonchev–Trinajstić information content (AvgIpc) is 2.67. The van der Waals surface area contributed by atoms with Crippen molar-refractivity contribution in [2.75, 3.05) is 7.05 Å². The van der Waals surface area contributed by atoms with Crippen LogP contribution in [0.3, 0.4) is 0 Å². The number of rotatable bonds is 1. The van der Waals surface area contributed by atoms with E-state index < -0.39 is 0 Å². The van der Waals surface area contributed by atoms with Crippen molar-refractivity contribution in [1.82, 2.24) is 9.88 Å². The minimum absolute atomic E-state index is 0.201. The van der Waals surface area contributed by atoms with Crippen LogP contribution >= 0.6 is 0 Å². The van der Waals surface area contributed by atoms with Crippen molar-refractivity contribution in [2.24, 2.45) is 0 Å². The number of nitrogens with one attached hydrogen (secondary N) is 1. The van der Waals surface area contributed by atoms with Crippen LogP contribution in [0, 0.1) is 0 Å². The molecule has 16 heavy (non-hydrogen) atoms. The number of likely N-dealkylation sites (N-methyl/N-ethyl adjacent to an activating group) is 1. The number of aldehydes is 1. The Labute approximate surface area is 93.4 Å². The van der Waals surface area contributed by atoms with E-state index in [0.717, 1.165) is 23.1 Å². The molecular weight excluding hydrogens is 200 g/mol. The van der Waals surface area contributed by atoms with Crippen molar-refractivity contribution < 1.29 is 4.79 Å². The minimum Gasteiger partial charge on any atom is -0.366 e. The number of benzene rings is 1. The fourth-order valence-corrected chi connectivity index (χ4v) is 2.25. The molecule has 2 heterocycles. The Morgan fingerprint density at radius 2 is 2.19 bits per heavy atom. The van der Waals surface area contributed by atoms with E-state index in [4.69, 9.17) is 0 Å². The molecule has 0 saturated heterocycles. The van der Waals surface area contributed by atoms with Crippen molar-refractivity contribution in [3.8, 4) is 0 Å². The molecule has 0 spiro atoms. The Kier molecular flexibility index (Phi) is 1.86. The molecule has 1 aromatic carbocycles. The number of hydrogen-bond donors (Lipinski definition) is 1. The Bertz CT molecular complexity index is 583. The number of fused-ring (bicyclic) bond motifs is 3. The molecule has 0 fully saturated rings. The zero-order valence-electron chi connectivity index (χ0n) is 8.97. The first kappa shape index (κ1) is 9.21. The molecule has 1 N–H and O–H groups in total. The van der Waals surface area contributed by atoms with Gasteiger partial charge >= 0.3 is 0 Å². The molecule has 80 valence electrons. The third kappa shape index (κ3) is 1.11. The second-order valence-corrected chi connectivity index (χ2v) is 4.06. The van der Waals surface area contributed by atoms with E-state index in [1.807, 2.05) is 42.4 Å². The van der Waals surface area contributed by atoms with Gasteiger partial charge in [-0.1, -0.05) is 18.2 Å². The van der Waals surface area contributed by atoms with E-state index in [-0.39, 0.29) is 6.04 Å². The zero-order chi connectivity index (χ0) is 11.1. The van der Waals surface area contributed by atoms with E-state index in [2.05, 4.69) is 11.1 Å². The van der Waals surface area contributed by atoms with Gasteiger partial charge in [0.05, 0.1) is 5.69 Å². The van der Waals surface area contributed by atoms with Gasteiger partial charge in [-0.2, -0.15) is 0 Å². The van der Waals surface area contributed by atoms with Crippen molar-refractivity contribution in [3.05, 3.63) is 41.7 Å². The number of aromatic nitrogens is 1. The van der Waals surface area contributed by atoms with E-state index in [1.54, 1.807) is 0 Å². The highest BCUT2D eigenvalue weighted by atomic mass is 16.1. The number of para-hydroxylation sites is 1. The number of carbonyl (C=O) groups is 1. The van der Waals surface area contributed by atoms with Gasteiger partial charge in [-0.05, 0) is 12.1 Å². The van der Waals surface area contributed by atoms with E-state index >= 15 is 0 Å². The van der Waals surface area contributed by atoms with Crippen LogP contribution in [0.4, 0.5) is 0 Å². The molecule has 1 aromatic heterocycles. The van der Waals surface area contributed by atoms with Gasteiger partial charge in [0.15, 0.2) is 0 Å². The second kappa shape index (κ2) is 3.23. The summed E-state index contributed by atoms with van der Waals surface area (Å²) in [5.74, 6) is 0. The van der Waals surface area contributed by atoms with Crippen molar-refractivity contribution in [1.29, 1.82) is 0 Å². The highest BCUT2D eigenvalue weighted by Crippen LogP contribution is 2.32. The molecule has 1 atom stereocenters. The Morgan fingerprint density at radius 3 is 3.00 bits per heavy atom. The van der Waals surface area contributed by atoms with Crippen LogP contribution in [0.15, 0.2) is 30.5 Å². The molecule has 0 saturated carbocycles. The molecule has 1 unspecified atom stereocenters. The van der Waals surface area contributed by atoms with E-state index in [0.29, 0.717) is 0 Å².